The Morgan fingerprint density at radius 3 is 3.00 bits per heavy atom. The number of nitrogens with zero attached hydrogens (tertiary/aromatic N) is 2. The molecule has 0 radical (unpaired) electrons. The maximum Gasteiger partial charge on any atom is 0.315 e. The lowest BCUT2D eigenvalue weighted by molar-refractivity contribution is 0.141. The Labute approximate surface area is 140 Å². The Balaban J connectivity index is 1.47. The summed E-state index contributed by atoms with van der Waals surface area (Å²) in [5.74, 6) is 0. The van der Waals surface area contributed by atoms with E-state index in [-0.39, 0.29) is 18.1 Å². The van der Waals surface area contributed by atoms with Gasteiger partial charge in [-0.15, -0.1) is 0 Å². The van der Waals surface area contributed by atoms with Gasteiger partial charge >= 0.3 is 6.03 Å². The number of aliphatic hydroxyl groups excluding tert-OH is 1. The van der Waals surface area contributed by atoms with E-state index in [4.69, 9.17) is 0 Å². The second-order valence-electron chi connectivity index (χ2n) is 6.68. The number of carbonyl (C=O) groups excluding carboxylic acids is 1. The molecule has 6 heteroatoms. The molecule has 1 heterocycles. The van der Waals surface area contributed by atoms with E-state index in [2.05, 4.69) is 15.7 Å². The van der Waals surface area contributed by atoms with Crippen molar-refractivity contribution in [3.63, 3.8) is 0 Å². The lowest BCUT2D eigenvalue weighted by atomic mass is 9.93. The number of hydrogen-bond donors (Lipinski definition) is 3. The van der Waals surface area contributed by atoms with E-state index in [0.717, 1.165) is 36.0 Å². The summed E-state index contributed by atoms with van der Waals surface area (Å²) in [6.45, 7) is 0. The zero-order valence-corrected chi connectivity index (χ0v) is 13.7. The summed E-state index contributed by atoms with van der Waals surface area (Å²) in [4.78, 5) is 12.5. The molecule has 24 heavy (non-hydrogen) atoms. The van der Waals surface area contributed by atoms with Gasteiger partial charge in [0.1, 0.15) is 0 Å². The average molecular weight is 326 g/mol. The van der Waals surface area contributed by atoms with E-state index >= 15 is 0 Å². The van der Waals surface area contributed by atoms with Gasteiger partial charge in [0.2, 0.25) is 0 Å². The monoisotopic (exact) mass is 326 g/mol. The van der Waals surface area contributed by atoms with Gasteiger partial charge in [-0.2, -0.15) is 5.10 Å². The molecule has 2 aromatic rings. The van der Waals surface area contributed by atoms with Crippen molar-refractivity contribution < 1.29 is 9.90 Å². The minimum Gasteiger partial charge on any atom is -0.390 e. The first kappa shape index (κ1) is 15.2. The van der Waals surface area contributed by atoms with Gasteiger partial charge in [-0.05, 0) is 30.4 Å². The van der Waals surface area contributed by atoms with Crippen molar-refractivity contribution in [2.75, 3.05) is 0 Å². The van der Waals surface area contributed by atoms with Crippen LogP contribution in [0.2, 0.25) is 0 Å². The molecule has 6 nitrogen and oxygen atoms in total. The number of urea groups is 1. The molecular weight excluding hydrogens is 304 g/mol. The molecule has 2 aliphatic carbocycles. The predicted molar refractivity (Wildman–Crippen MR) is 89.4 cm³/mol. The lowest BCUT2D eigenvalue weighted by Gasteiger charge is -2.25. The average Bonchev–Trinajstić information content (AvgIpc) is 3.10. The van der Waals surface area contributed by atoms with E-state index in [1.165, 1.54) is 5.69 Å². The number of aliphatic hydroxyl groups is 1. The number of amides is 2. The highest BCUT2D eigenvalue weighted by Crippen LogP contribution is 2.32. The van der Waals surface area contributed by atoms with E-state index in [1.807, 2.05) is 42.2 Å². The molecule has 0 aliphatic heterocycles. The normalized spacial score (nSPS) is 25.0. The van der Waals surface area contributed by atoms with Crippen LogP contribution in [0, 0.1) is 0 Å². The van der Waals surface area contributed by atoms with Gasteiger partial charge in [0.05, 0.1) is 24.4 Å². The topological polar surface area (TPSA) is 79.2 Å². The second kappa shape index (κ2) is 5.94. The summed E-state index contributed by atoms with van der Waals surface area (Å²) in [5, 5.41) is 20.6. The zero-order valence-electron chi connectivity index (χ0n) is 13.7. The van der Waals surface area contributed by atoms with Crippen LogP contribution in [0.15, 0.2) is 30.5 Å². The van der Waals surface area contributed by atoms with Crippen LogP contribution < -0.4 is 10.6 Å². The number of hydrogen-bond acceptors (Lipinski definition) is 3. The van der Waals surface area contributed by atoms with Crippen LogP contribution in [0.1, 0.15) is 47.3 Å². The number of rotatable bonds is 2. The van der Waals surface area contributed by atoms with Gasteiger partial charge in [-0.25, -0.2) is 4.79 Å². The number of benzene rings is 1. The molecule has 3 atom stereocenters. The Hall–Kier alpha value is -2.34. The van der Waals surface area contributed by atoms with Crippen molar-refractivity contribution >= 4 is 6.03 Å². The molecule has 0 unspecified atom stereocenters. The summed E-state index contributed by atoms with van der Waals surface area (Å²) in [5.41, 5.74) is 4.40. The smallest absolute Gasteiger partial charge is 0.315 e. The maximum absolute atomic E-state index is 12.5. The molecule has 0 fully saturated rings. The molecular formula is C18H22N4O2. The summed E-state index contributed by atoms with van der Waals surface area (Å²) >= 11 is 0. The van der Waals surface area contributed by atoms with E-state index in [1.54, 1.807) is 0 Å². The summed E-state index contributed by atoms with van der Waals surface area (Å²) in [6.07, 6.45) is 4.80. The molecule has 2 amide bonds. The fourth-order valence-electron chi connectivity index (χ4n) is 3.95. The fraction of sp³-hybridized carbons (Fsp3) is 0.444. The van der Waals surface area contributed by atoms with E-state index in [9.17, 15) is 9.90 Å². The predicted octanol–water partition coefficient (Wildman–Crippen LogP) is 1.75. The summed E-state index contributed by atoms with van der Waals surface area (Å²) in [6, 6.07) is 7.26. The fourth-order valence-corrected chi connectivity index (χ4v) is 3.95. The molecule has 0 bridgehead atoms. The van der Waals surface area contributed by atoms with Gasteiger partial charge in [-0.3, -0.25) is 4.68 Å². The van der Waals surface area contributed by atoms with Crippen molar-refractivity contribution in [2.45, 2.75) is 43.9 Å². The van der Waals surface area contributed by atoms with Crippen molar-refractivity contribution in [3.05, 3.63) is 52.8 Å². The highest BCUT2D eigenvalue weighted by Gasteiger charge is 2.33. The molecule has 3 N–H and O–H groups in total. The highest BCUT2D eigenvalue weighted by atomic mass is 16.3. The molecule has 126 valence electrons. The number of aromatic nitrogens is 2. The third kappa shape index (κ3) is 2.57. The Kier molecular flexibility index (Phi) is 3.76. The Morgan fingerprint density at radius 2 is 2.12 bits per heavy atom. The first-order chi connectivity index (χ1) is 11.6. The van der Waals surface area contributed by atoms with Gasteiger partial charge in [0.25, 0.3) is 0 Å². The largest absolute Gasteiger partial charge is 0.390 e. The molecule has 0 saturated carbocycles. The highest BCUT2D eigenvalue weighted by molar-refractivity contribution is 5.75. The van der Waals surface area contributed by atoms with Crippen LogP contribution >= 0.6 is 0 Å². The number of nitrogens with one attached hydrogen (secondary N) is 2. The van der Waals surface area contributed by atoms with Crippen LogP contribution in [-0.4, -0.2) is 27.0 Å². The molecule has 1 aromatic carbocycles. The van der Waals surface area contributed by atoms with Crippen molar-refractivity contribution in [2.24, 2.45) is 7.05 Å². The molecule has 4 rings (SSSR count). The van der Waals surface area contributed by atoms with Crippen molar-refractivity contribution in [1.82, 2.24) is 20.4 Å². The van der Waals surface area contributed by atoms with Crippen LogP contribution in [-0.2, 0) is 19.9 Å². The Bertz CT molecular complexity index is 770. The van der Waals surface area contributed by atoms with Crippen LogP contribution in [0.3, 0.4) is 0 Å². The van der Waals surface area contributed by atoms with Gasteiger partial charge in [0, 0.05) is 24.7 Å². The molecule has 2 aliphatic rings. The summed E-state index contributed by atoms with van der Waals surface area (Å²) < 4.78 is 1.89. The van der Waals surface area contributed by atoms with Crippen LogP contribution in [0.5, 0.6) is 0 Å². The standard InChI is InChI=1S/C18H22N4O2/c1-22-15-8-4-7-14(13(15)10-19-22)20-18(24)21-17-12-6-3-2-5-11(12)9-16(17)23/h2-3,5-6,10,14,16-17,23H,4,7-9H2,1H3,(H2,20,21,24)/t14-,16+,17+/m0/s1. The minimum atomic E-state index is -0.576. The van der Waals surface area contributed by atoms with Gasteiger partial charge in [-0.1, -0.05) is 24.3 Å². The quantitative estimate of drug-likeness (QED) is 0.787. The molecule has 1 aromatic heterocycles. The van der Waals surface area contributed by atoms with E-state index < -0.39 is 6.10 Å². The van der Waals surface area contributed by atoms with Gasteiger partial charge < -0.3 is 15.7 Å². The van der Waals surface area contributed by atoms with Gasteiger partial charge in [0.15, 0.2) is 0 Å². The van der Waals surface area contributed by atoms with Crippen molar-refractivity contribution in [1.29, 1.82) is 0 Å². The maximum atomic E-state index is 12.5. The zero-order chi connectivity index (χ0) is 16.7. The number of aryl methyl sites for hydroxylation is 1. The molecule has 0 spiro atoms. The summed E-state index contributed by atoms with van der Waals surface area (Å²) in [7, 11) is 1.94. The third-order valence-corrected chi connectivity index (χ3v) is 5.17. The van der Waals surface area contributed by atoms with Crippen LogP contribution in [0.25, 0.3) is 0 Å². The lowest BCUT2D eigenvalue weighted by Crippen LogP contribution is -2.43. The second-order valence-corrected chi connectivity index (χ2v) is 6.68. The molecule has 0 saturated heterocycles. The first-order valence-corrected chi connectivity index (χ1v) is 8.47. The third-order valence-electron chi connectivity index (χ3n) is 5.17. The Morgan fingerprint density at radius 1 is 1.29 bits per heavy atom. The number of fused-ring (bicyclic) bond motifs is 2. The SMILES string of the molecule is Cn1ncc2c1CCC[C@@H]2NC(=O)N[C@@H]1c2ccccc2C[C@H]1O. The van der Waals surface area contributed by atoms with Crippen LogP contribution in [0.4, 0.5) is 4.79 Å². The minimum absolute atomic E-state index is 0.0174. The van der Waals surface area contributed by atoms with E-state index in [0.29, 0.717) is 6.42 Å². The van der Waals surface area contributed by atoms with Crippen molar-refractivity contribution in [3.8, 4) is 0 Å². The number of carbonyl (C=O) groups is 1. The first-order valence-electron chi connectivity index (χ1n) is 8.47.